The Kier molecular flexibility index (Phi) is 3.78. The number of nitrogens with one attached hydrogen (secondary N) is 2. The fraction of sp³-hybridized carbons (Fsp3) is 0. The van der Waals surface area contributed by atoms with Crippen LogP contribution in [0.5, 0.6) is 5.75 Å². The first-order chi connectivity index (χ1) is 12.0. The van der Waals surface area contributed by atoms with Gasteiger partial charge in [0.05, 0.1) is 15.7 Å². The number of carbonyl (C=O) groups excluding carboxylic acids is 1. The minimum absolute atomic E-state index is 0.334. The second-order valence-corrected chi connectivity index (χ2v) is 7.25. The number of aromatic amines is 1. The highest BCUT2D eigenvalue weighted by atomic mass is 79.9. The van der Waals surface area contributed by atoms with Crippen molar-refractivity contribution in [2.75, 3.05) is 5.32 Å². The fourth-order valence-electron chi connectivity index (χ4n) is 2.55. The second-order valence-electron chi connectivity index (χ2n) is 5.31. The molecule has 0 aliphatic heterocycles. The molecule has 2 heterocycles. The molecule has 4 aromatic rings. The molecule has 0 fully saturated rings. The van der Waals surface area contributed by atoms with Crippen molar-refractivity contribution in [1.29, 1.82) is 0 Å². The summed E-state index contributed by atoms with van der Waals surface area (Å²) in [4.78, 5) is 31.6. The molecule has 3 N–H and O–H groups in total. The van der Waals surface area contributed by atoms with Crippen molar-refractivity contribution in [2.45, 2.75) is 0 Å². The quantitative estimate of drug-likeness (QED) is 0.463. The zero-order valence-electron chi connectivity index (χ0n) is 12.5. The van der Waals surface area contributed by atoms with Gasteiger partial charge in [0.15, 0.2) is 5.13 Å². The number of carbonyl (C=O) groups is 1. The maximum atomic E-state index is 12.5. The topological polar surface area (TPSA) is 95.1 Å². The van der Waals surface area contributed by atoms with Gasteiger partial charge in [0, 0.05) is 9.86 Å². The summed E-state index contributed by atoms with van der Waals surface area (Å²) in [6.45, 7) is 0. The summed E-state index contributed by atoms with van der Waals surface area (Å²) < 4.78 is 1.80. The number of aromatic hydroxyl groups is 1. The molecule has 0 radical (unpaired) electrons. The molecule has 0 saturated heterocycles. The average Bonchev–Trinajstić information content (AvgIpc) is 2.96. The number of pyridine rings is 1. The number of hydrogen-bond acceptors (Lipinski definition) is 5. The highest BCUT2D eigenvalue weighted by Gasteiger charge is 2.20. The highest BCUT2D eigenvalue weighted by Crippen LogP contribution is 2.30. The number of H-pyrrole nitrogens is 1. The number of amides is 1. The number of aromatic nitrogens is 2. The van der Waals surface area contributed by atoms with Crippen LogP contribution < -0.4 is 10.9 Å². The largest absolute Gasteiger partial charge is 0.506 e. The highest BCUT2D eigenvalue weighted by molar-refractivity contribution is 9.10. The Morgan fingerprint density at radius 2 is 2.04 bits per heavy atom. The molecule has 25 heavy (non-hydrogen) atoms. The summed E-state index contributed by atoms with van der Waals surface area (Å²) in [5.74, 6) is -1.05. The molecule has 0 aliphatic rings. The van der Waals surface area contributed by atoms with Crippen molar-refractivity contribution < 1.29 is 9.90 Å². The predicted molar refractivity (Wildman–Crippen MR) is 102 cm³/mol. The number of thiazole rings is 1. The molecule has 0 bridgehead atoms. The molecule has 0 aliphatic carbocycles. The maximum absolute atomic E-state index is 12.5. The Labute approximate surface area is 153 Å². The summed E-state index contributed by atoms with van der Waals surface area (Å²) in [6.07, 6.45) is 0. The van der Waals surface area contributed by atoms with Crippen LogP contribution in [0.1, 0.15) is 10.4 Å². The third-order valence-corrected chi connectivity index (χ3v) is 5.12. The van der Waals surface area contributed by atoms with Crippen molar-refractivity contribution in [3.05, 3.63) is 62.9 Å². The zero-order chi connectivity index (χ0) is 17.6. The minimum Gasteiger partial charge on any atom is -0.506 e. The van der Waals surface area contributed by atoms with Crippen molar-refractivity contribution in [3.8, 4) is 5.75 Å². The summed E-state index contributed by atoms with van der Waals surface area (Å²) >= 11 is 4.67. The van der Waals surface area contributed by atoms with E-state index in [4.69, 9.17) is 0 Å². The van der Waals surface area contributed by atoms with E-state index in [0.717, 1.165) is 14.7 Å². The lowest BCUT2D eigenvalue weighted by Crippen LogP contribution is -2.23. The molecule has 2 aromatic heterocycles. The Bertz CT molecular complexity index is 1200. The number of benzene rings is 2. The van der Waals surface area contributed by atoms with Gasteiger partial charge in [0.1, 0.15) is 11.3 Å². The molecule has 0 unspecified atom stereocenters. The smallest absolute Gasteiger partial charge is 0.266 e. The SMILES string of the molecule is O=C(Nc1nc2ccc(Br)cc2s1)c1c(O)c2ccccc2[nH]c1=O. The third-order valence-electron chi connectivity index (χ3n) is 3.69. The minimum atomic E-state index is -0.706. The number of halogens is 1. The maximum Gasteiger partial charge on any atom is 0.266 e. The van der Waals surface area contributed by atoms with Crippen LogP contribution in [0.4, 0.5) is 5.13 Å². The van der Waals surface area contributed by atoms with Crippen molar-refractivity contribution >= 4 is 59.4 Å². The predicted octanol–water partition coefficient (Wildman–Crippen LogP) is 3.86. The van der Waals surface area contributed by atoms with E-state index in [1.54, 1.807) is 24.3 Å². The molecule has 4 rings (SSSR count). The van der Waals surface area contributed by atoms with Gasteiger partial charge in [0.25, 0.3) is 11.5 Å². The molecule has 124 valence electrons. The van der Waals surface area contributed by atoms with E-state index in [2.05, 4.69) is 31.2 Å². The zero-order valence-corrected chi connectivity index (χ0v) is 14.9. The van der Waals surface area contributed by atoms with Crippen LogP contribution in [0.3, 0.4) is 0 Å². The van der Waals surface area contributed by atoms with E-state index in [0.29, 0.717) is 16.0 Å². The molecule has 6 nitrogen and oxygen atoms in total. The van der Waals surface area contributed by atoms with Crippen molar-refractivity contribution in [1.82, 2.24) is 9.97 Å². The van der Waals surface area contributed by atoms with Gasteiger partial charge >= 0.3 is 0 Å². The lowest BCUT2D eigenvalue weighted by molar-refractivity contribution is 0.102. The van der Waals surface area contributed by atoms with Gasteiger partial charge in [-0.2, -0.15) is 0 Å². The second kappa shape index (κ2) is 5.98. The fourth-order valence-corrected chi connectivity index (χ4v) is 3.96. The summed E-state index contributed by atoms with van der Waals surface area (Å²) in [6, 6.07) is 12.3. The first-order valence-electron chi connectivity index (χ1n) is 7.24. The van der Waals surface area contributed by atoms with E-state index >= 15 is 0 Å². The first kappa shape index (κ1) is 15.8. The summed E-state index contributed by atoms with van der Waals surface area (Å²) in [5.41, 5.74) is 0.211. The molecule has 1 amide bonds. The van der Waals surface area contributed by atoms with Crippen molar-refractivity contribution in [3.63, 3.8) is 0 Å². The van der Waals surface area contributed by atoms with Gasteiger partial charge in [-0.05, 0) is 30.3 Å². The Morgan fingerprint density at radius 1 is 1.24 bits per heavy atom. The Hall–Kier alpha value is -2.71. The lowest BCUT2D eigenvalue weighted by Gasteiger charge is -2.06. The number of para-hydroxylation sites is 1. The van der Waals surface area contributed by atoms with Crippen LogP contribution in [0, 0.1) is 0 Å². The molecule has 8 heteroatoms. The Morgan fingerprint density at radius 3 is 2.88 bits per heavy atom. The van der Waals surface area contributed by atoms with Gasteiger partial charge in [-0.1, -0.05) is 39.4 Å². The molecule has 0 spiro atoms. The van der Waals surface area contributed by atoms with E-state index in [9.17, 15) is 14.7 Å². The molecule has 2 aromatic carbocycles. The molecule has 0 atom stereocenters. The molecular formula is C17H10BrN3O3S. The van der Waals surface area contributed by atoms with Crippen LogP contribution in [0.2, 0.25) is 0 Å². The van der Waals surface area contributed by atoms with Crippen LogP contribution >= 0.6 is 27.3 Å². The number of anilines is 1. The van der Waals surface area contributed by atoms with Gasteiger partial charge in [-0.3, -0.25) is 14.9 Å². The monoisotopic (exact) mass is 415 g/mol. The third kappa shape index (κ3) is 2.79. The van der Waals surface area contributed by atoms with Crippen LogP contribution in [-0.4, -0.2) is 21.0 Å². The Balaban J connectivity index is 1.75. The van der Waals surface area contributed by atoms with Crippen LogP contribution in [0.15, 0.2) is 51.7 Å². The van der Waals surface area contributed by atoms with Crippen LogP contribution in [-0.2, 0) is 0 Å². The number of rotatable bonds is 2. The van der Waals surface area contributed by atoms with Gasteiger partial charge in [0.2, 0.25) is 0 Å². The summed E-state index contributed by atoms with van der Waals surface area (Å²) in [5, 5.41) is 13.7. The number of fused-ring (bicyclic) bond motifs is 2. The van der Waals surface area contributed by atoms with Gasteiger partial charge in [-0.15, -0.1) is 0 Å². The standard InChI is InChI=1S/C17H10BrN3O3S/c18-8-5-6-11-12(7-8)25-17(20-11)21-16(24)13-14(22)9-3-1-2-4-10(9)19-15(13)23/h1-7H,(H2,19,22,23)(H,20,21,24). The van der Waals surface area contributed by atoms with Gasteiger partial charge < -0.3 is 10.1 Å². The molecular weight excluding hydrogens is 406 g/mol. The average molecular weight is 416 g/mol. The van der Waals surface area contributed by atoms with Gasteiger partial charge in [-0.25, -0.2) is 4.98 Å². The van der Waals surface area contributed by atoms with E-state index in [-0.39, 0.29) is 11.3 Å². The van der Waals surface area contributed by atoms with E-state index in [1.165, 1.54) is 11.3 Å². The van der Waals surface area contributed by atoms with Crippen molar-refractivity contribution in [2.24, 2.45) is 0 Å². The van der Waals surface area contributed by atoms with Crippen LogP contribution in [0.25, 0.3) is 21.1 Å². The lowest BCUT2D eigenvalue weighted by atomic mass is 10.1. The molecule has 0 saturated carbocycles. The van der Waals surface area contributed by atoms with E-state index < -0.39 is 11.5 Å². The number of hydrogen-bond donors (Lipinski definition) is 3. The number of nitrogens with zero attached hydrogens (tertiary/aromatic N) is 1. The summed E-state index contributed by atoms with van der Waals surface area (Å²) in [7, 11) is 0. The van der Waals surface area contributed by atoms with E-state index in [1.807, 2.05) is 18.2 Å². The normalized spacial score (nSPS) is 11.1. The first-order valence-corrected chi connectivity index (χ1v) is 8.85.